The quantitative estimate of drug-likeness (QED) is 0.767. The topological polar surface area (TPSA) is 80.5 Å². The summed E-state index contributed by atoms with van der Waals surface area (Å²) in [5, 5.41) is 6.93. The average molecular weight is 356 g/mol. The van der Waals surface area contributed by atoms with Gasteiger partial charge in [-0.3, -0.25) is 9.69 Å². The van der Waals surface area contributed by atoms with Gasteiger partial charge < -0.3 is 14.6 Å². The van der Waals surface area contributed by atoms with Crippen molar-refractivity contribution in [2.24, 2.45) is 5.92 Å². The van der Waals surface area contributed by atoms with Crippen molar-refractivity contribution in [3.8, 4) is 17.1 Å². The van der Waals surface area contributed by atoms with Crippen molar-refractivity contribution in [3.05, 3.63) is 42.8 Å². The minimum atomic E-state index is -0.00678. The number of carbonyl (C=O) groups is 1. The number of amides is 1. The van der Waals surface area contributed by atoms with E-state index in [1.807, 2.05) is 24.3 Å². The third-order valence-electron chi connectivity index (χ3n) is 4.47. The largest absolute Gasteiger partial charge is 0.497 e. The fraction of sp³-hybridized carbons (Fsp3) is 0.421. The van der Waals surface area contributed by atoms with Gasteiger partial charge in [0.25, 0.3) is 0 Å². The molecule has 0 radical (unpaired) electrons. The average Bonchev–Trinajstić information content (AvgIpc) is 3.14. The fourth-order valence-corrected chi connectivity index (χ4v) is 3.10. The highest BCUT2D eigenvalue weighted by molar-refractivity contribution is 5.79. The number of hydrogen-bond donors (Lipinski definition) is 1. The number of aromatic nitrogens is 2. The van der Waals surface area contributed by atoms with Crippen LogP contribution in [0.3, 0.4) is 0 Å². The Morgan fingerprint density at radius 3 is 3.00 bits per heavy atom. The molecule has 2 heterocycles. The lowest BCUT2D eigenvalue weighted by molar-refractivity contribution is -0.126. The molecule has 1 aliphatic rings. The molecule has 2 aromatic rings. The number of methoxy groups -OCH3 is 1. The van der Waals surface area contributed by atoms with Crippen LogP contribution in [-0.2, 0) is 11.3 Å². The zero-order chi connectivity index (χ0) is 18.4. The smallest absolute Gasteiger partial charge is 0.241 e. The van der Waals surface area contributed by atoms with Crippen molar-refractivity contribution in [3.63, 3.8) is 0 Å². The lowest BCUT2D eigenvalue weighted by Crippen LogP contribution is -2.42. The molecular weight excluding hydrogens is 332 g/mol. The molecule has 1 unspecified atom stereocenters. The first-order valence-corrected chi connectivity index (χ1v) is 8.77. The highest BCUT2D eigenvalue weighted by Gasteiger charge is 2.26. The van der Waals surface area contributed by atoms with Crippen LogP contribution < -0.4 is 10.1 Å². The summed E-state index contributed by atoms with van der Waals surface area (Å²) in [4.78, 5) is 18.8. The molecule has 0 spiro atoms. The maximum atomic E-state index is 12.1. The summed E-state index contributed by atoms with van der Waals surface area (Å²) >= 11 is 0. The molecule has 138 valence electrons. The van der Waals surface area contributed by atoms with Crippen molar-refractivity contribution in [1.29, 1.82) is 0 Å². The summed E-state index contributed by atoms with van der Waals surface area (Å²) in [5.74, 6) is 1.97. The third kappa shape index (κ3) is 4.49. The van der Waals surface area contributed by atoms with Crippen LogP contribution in [0.4, 0.5) is 0 Å². The molecular formula is C19H24N4O3. The Balaban J connectivity index is 1.59. The second kappa shape index (κ2) is 8.62. The molecule has 7 nitrogen and oxygen atoms in total. The predicted molar refractivity (Wildman–Crippen MR) is 97.5 cm³/mol. The van der Waals surface area contributed by atoms with Crippen LogP contribution in [0.1, 0.15) is 18.7 Å². The summed E-state index contributed by atoms with van der Waals surface area (Å²) in [5.41, 5.74) is 0.876. The number of nitrogens with zero attached hydrogens (tertiary/aromatic N) is 3. The minimum Gasteiger partial charge on any atom is -0.497 e. The third-order valence-corrected chi connectivity index (χ3v) is 4.47. The van der Waals surface area contributed by atoms with E-state index in [2.05, 4.69) is 26.9 Å². The Bertz CT molecular complexity index is 741. The highest BCUT2D eigenvalue weighted by Crippen LogP contribution is 2.22. The maximum Gasteiger partial charge on any atom is 0.241 e. The number of likely N-dealkylation sites (tertiary alicyclic amines) is 1. The van der Waals surface area contributed by atoms with Gasteiger partial charge in [0.15, 0.2) is 0 Å². The van der Waals surface area contributed by atoms with Gasteiger partial charge in [0.05, 0.1) is 19.6 Å². The molecule has 1 aromatic carbocycles. The Kier molecular flexibility index (Phi) is 6.01. The first-order valence-electron chi connectivity index (χ1n) is 8.77. The van der Waals surface area contributed by atoms with Gasteiger partial charge in [-0.25, -0.2) is 0 Å². The van der Waals surface area contributed by atoms with Crippen molar-refractivity contribution < 1.29 is 14.1 Å². The number of piperidine rings is 1. The Labute approximate surface area is 153 Å². The first-order chi connectivity index (χ1) is 12.7. The van der Waals surface area contributed by atoms with Crippen LogP contribution in [0.25, 0.3) is 11.4 Å². The van der Waals surface area contributed by atoms with Gasteiger partial charge in [0.1, 0.15) is 5.75 Å². The van der Waals surface area contributed by atoms with Gasteiger partial charge in [0, 0.05) is 18.7 Å². The van der Waals surface area contributed by atoms with E-state index in [-0.39, 0.29) is 11.8 Å². The molecule has 0 saturated carbocycles. The van der Waals surface area contributed by atoms with E-state index < -0.39 is 0 Å². The van der Waals surface area contributed by atoms with E-state index in [9.17, 15) is 4.79 Å². The van der Waals surface area contributed by atoms with Gasteiger partial charge in [-0.15, -0.1) is 6.58 Å². The number of hydrogen-bond acceptors (Lipinski definition) is 6. The molecule has 0 bridgehead atoms. The Hall–Kier alpha value is -2.67. The van der Waals surface area contributed by atoms with Gasteiger partial charge >= 0.3 is 0 Å². The minimum absolute atomic E-state index is 0.00678. The lowest BCUT2D eigenvalue weighted by Gasteiger charge is -2.30. The van der Waals surface area contributed by atoms with E-state index in [0.717, 1.165) is 30.7 Å². The number of rotatable bonds is 7. The van der Waals surface area contributed by atoms with E-state index >= 15 is 0 Å². The maximum absolute atomic E-state index is 12.1. The summed E-state index contributed by atoms with van der Waals surface area (Å²) in [6, 6.07) is 7.52. The fourth-order valence-electron chi connectivity index (χ4n) is 3.10. The monoisotopic (exact) mass is 356 g/mol. The Morgan fingerprint density at radius 1 is 1.46 bits per heavy atom. The van der Waals surface area contributed by atoms with E-state index in [1.54, 1.807) is 13.2 Å². The number of carbonyl (C=O) groups excluding carboxylic acids is 1. The van der Waals surface area contributed by atoms with Gasteiger partial charge in [-0.05, 0) is 43.7 Å². The number of ether oxygens (including phenoxy) is 1. The van der Waals surface area contributed by atoms with E-state index in [4.69, 9.17) is 9.26 Å². The molecule has 26 heavy (non-hydrogen) atoms. The Morgan fingerprint density at radius 2 is 2.27 bits per heavy atom. The van der Waals surface area contributed by atoms with Gasteiger partial charge in [-0.1, -0.05) is 11.2 Å². The zero-order valence-electron chi connectivity index (χ0n) is 15.0. The van der Waals surface area contributed by atoms with Crippen LogP contribution in [0.5, 0.6) is 5.75 Å². The van der Waals surface area contributed by atoms with E-state index in [1.165, 1.54) is 0 Å². The van der Waals surface area contributed by atoms with Crippen molar-refractivity contribution in [1.82, 2.24) is 20.4 Å². The molecule has 3 rings (SSSR count). The van der Waals surface area contributed by atoms with Crippen molar-refractivity contribution in [2.75, 3.05) is 26.7 Å². The normalized spacial score (nSPS) is 17.7. The summed E-state index contributed by atoms with van der Waals surface area (Å²) in [6.07, 6.45) is 3.57. The first kappa shape index (κ1) is 18.1. The van der Waals surface area contributed by atoms with Crippen LogP contribution in [0.15, 0.2) is 41.4 Å². The zero-order valence-corrected chi connectivity index (χ0v) is 15.0. The summed E-state index contributed by atoms with van der Waals surface area (Å²) in [6.45, 7) is 6.30. The standard InChI is InChI=1S/C19H24N4O3/c1-3-10-20-19(24)15-5-4-11-23(12-15)13-17-21-18(22-26-17)14-6-8-16(25-2)9-7-14/h3,6-9,15H,1,4-5,10-13H2,2H3,(H,20,24). The molecule has 1 amide bonds. The molecule has 1 aliphatic heterocycles. The number of benzene rings is 1. The van der Waals surface area contributed by atoms with Gasteiger partial charge in [0.2, 0.25) is 17.6 Å². The predicted octanol–water partition coefficient (Wildman–Crippen LogP) is 2.26. The van der Waals surface area contributed by atoms with Gasteiger partial charge in [-0.2, -0.15) is 4.98 Å². The van der Waals surface area contributed by atoms with Crippen molar-refractivity contribution in [2.45, 2.75) is 19.4 Å². The molecule has 1 saturated heterocycles. The molecule has 1 N–H and O–H groups in total. The second-order valence-electron chi connectivity index (χ2n) is 6.35. The molecule has 1 aromatic heterocycles. The number of nitrogens with one attached hydrogen (secondary N) is 1. The highest BCUT2D eigenvalue weighted by atomic mass is 16.5. The molecule has 1 atom stereocenters. The second-order valence-corrected chi connectivity index (χ2v) is 6.35. The van der Waals surface area contributed by atoms with E-state index in [0.29, 0.717) is 31.3 Å². The molecule has 1 fully saturated rings. The van der Waals surface area contributed by atoms with Crippen LogP contribution in [0.2, 0.25) is 0 Å². The van der Waals surface area contributed by atoms with Crippen LogP contribution in [-0.4, -0.2) is 47.7 Å². The lowest BCUT2D eigenvalue weighted by atomic mass is 9.97. The summed E-state index contributed by atoms with van der Waals surface area (Å²) < 4.78 is 10.5. The SMILES string of the molecule is C=CCNC(=O)C1CCCN(Cc2nc(-c3ccc(OC)cc3)no2)C1. The van der Waals surface area contributed by atoms with Crippen molar-refractivity contribution >= 4 is 5.91 Å². The summed E-state index contributed by atoms with van der Waals surface area (Å²) in [7, 11) is 1.63. The van der Waals surface area contributed by atoms with Crippen LogP contribution in [0, 0.1) is 5.92 Å². The molecule has 7 heteroatoms. The van der Waals surface area contributed by atoms with Crippen LogP contribution >= 0.6 is 0 Å². The molecule has 0 aliphatic carbocycles.